The Morgan fingerprint density at radius 2 is 1.86 bits per heavy atom. The molecule has 21 heavy (non-hydrogen) atoms. The van der Waals surface area contributed by atoms with Gasteiger partial charge < -0.3 is 10.1 Å². The van der Waals surface area contributed by atoms with Crippen molar-refractivity contribution in [3.63, 3.8) is 0 Å². The van der Waals surface area contributed by atoms with E-state index in [1.54, 1.807) is 0 Å². The molecule has 1 aromatic rings. The van der Waals surface area contributed by atoms with Crippen LogP contribution in [0.5, 0.6) is 5.75 Å². The van der Waals surface area contributed by atoms with Gasteiger partial charge in [0.05, 0.1) is 0 Å². The van der Waals surface area contributed by atoms with Crippen molar-refractivity contribution in [1.29, 1.82) is 0 Å². The Balaban J connectivity index is 1.94. The Kier molecular flexibility index (Phi) is 5.69. The van der Waals surface area contributed by atoms with Gasteiger partial charge in [-0.25, -0.2) is 0 Å². The van der Waals surface area contributed by atoms with Crippen LogP contribution in [0.2, 0.25) is 0 Å². The zero-order valence-corrected chi connectivity index (χ0v) is 14.1. The SMILES string of the molecule is CCNC1CCCC(Oc2ccc(C(C)(C)CC)cc2)C1. The number of ether oxygens (including phenoxy) is 1. The van der Waals surface area contributed by atoms with Gasteiger partial charge in [0.1, 0.15) is 11.9 Å². The Labute approximate surface area is 130 Å². The fourth-order valence-corrected chi connectivity index (χ4v) is 3.11. The smallest absolute Gasteiger partial charge is 0.119 e. The maximum Gasteiger partial charge on any atom is 0.119 e. The van der Waals surface area contributed by atoms with E-state index in [9.17, 15) is 0 Å². The predicted octanol–water partition coefficient (Wildman–Crippen LogP) is 4.67. The summed E-state index contributed by atoms with van der Waals surface area (Å²) in [5.74, 6) is 1.02. The normalized spacial score (nSPS) is 23.0. The van der Waals surface area contributed by atoms with Gasteiger partial charge in [-0.2, -0.15) is 0 Å². The van der Waals surface area contributed by atoms with E-state index in [-0.39, 0.29) is 5.41 Å². The van der Waals surface area contributed by atoms with E-state index in [1.807, 2.05) is 0 Å². The molecule has 118 valence electrons. The van der Waals surface area contributed by atoms with Crippen molar-refractivity contribution in [3.05, 3.63) is 29.8 Å². The highest BCUT2D eigenvalue weighted by molar-refractivity contribution is 5.31. The van der Waals surface area contributed by atoms with E-state index < -0.39 is 0 Å². The van der Waals surface area contributed by atoms with Crippen molar-refractivity contribution in [2.24, 2.45) is 0 Å². The molecule has 1 N–H and O–H groups in total. The largest absolute Gasteiger partial charge is 0.490 e. The van der Waals surface area contributed by atoms with Gasteiger partial charge in [-0.05, 0) is 61.8 Å². The molecule has 2 nitrogen and oxygen atoms in total. The molecule has 1 fully saturated rings. The molecule has 1 aromatic carbocycles. The lowest BCUT2D eigenvalue weighted by molar-refractivity contribution is 0.135. The molecule has 2 heteroatoms. The fraction of sp³-hybridized carbons (Fsp3) is 0.684. The second kappa shape index (κ2) is 7.31. The van der Waals surface area contributed by atoms with Crippen LogP contribution in [0.3, 0.4) is 0 Å². The molecule has 0 radical (unpaired) electrons. The molecule has 0 saturated heterocycles. The van der Waals surface area contributed by atoms with E-state index in [2.05, 4.69) is 57.3 Å². The lowest BCUT2D eigenvalue weighted by Crippen LogP contribution is -2.37. The molecule has 0 aliphatic heterocycles. The van der Waals surface area contributed by atoms with Gasteiger partial charge in [0, 0.05) is 6.04 Å². The summed E-state index contributed by atoms with van der Waals surface area (Å²) in [5, 5.41) is 3.56. The highest BCUT2D eigenvalue weighted by atomic mass is 16.5. The maximum absolute atomic E-state index is 6.19. The van der Waals surface area contributed by atoms with Crippen LogP contribution in [-0.4, -0.2) is 18.7 Å². The van der Waals surface area contributed by atoms with Crippen molar-refractivity contribution in [3.8, 4) is 5.75 Å². The van der Waals surface area contributed by atoms with Crippen molar-refractivity contribution in [2.45, 2.75) is 77.4 Å². The van der Waals surface area contributed by atoms with Crippen LogP contribution in [0.15, 0.2) is 24.3 Å². The summed E-state index contributed by atoms with van der Waals surface area (Å²) in [6.07, 6.45) is 6.40. The first-order valence-corrected chi connectivity index (χ1v) is 8.55. The number of nitrogens with one attached hydrogen (secondary N) is 1. The topological polar surface area (TPSA) is 21.3 Å². The average Bonchev–Trinajstić information content (AvgIpc) is 2.48. The maximum atomic E-state index is 6.19. The summed E-state index contributed by atoms with van der Waals surface area (Å²) >= 11 is 0. The Morgan fingerprint density at radius 1 is 1.14 bits per heavy atom. The van der Waals surface area contributed by atoms with E-state index in [0.29, 0.717) is 12.1 Å². The Bertz CT molecular complexity index is 422. The van der Waals surface area contributed by atoms with Gasteiger partial charge in [0.15, 0.2) is 0 Å². The molecule has 0 bridgehead atoms. The molecule has 0 spiro atoms. The number of hydrogen-bond acceptors (Lipinski definition) is 2. The second-order valence-corrected chi connectivity index (χ2v) is 6.92. The van der Waals surface area contributed by atoms with Crippen LogP contribution in [-0.2, 0) is 5.41 Å². The summed E-state index contributed by atoms with van der Waals surface area (Å²) < 4.78 is 6.19. The van der Waals surface area contributed by atoms with Crippen molar-refractivity contribution in [1.82, 2.24) is 5.32 Å². The fourth-order valence-electron chi connectivity index (χ4n) is 3.11. The number of rotatable bonds is 6. The van der Waals surface area contributed by atoms with E-state index in [4.69, 9.17) is 4.74 Å². The van der Waals surface area contributed by atoms with Gasteiger partial charge in [-0.3, -0.25) is 0 Å². The van der Waals surface area contributed by atoms with Gasteiger partial charge in [-0.1, -0.05) is 39.8 Å². The molecule has 1 saturated carbocycles. The number of hydrogen-bond donors (Lipinski definition) is 1. The molecule has 1 aliphatic rings. The molecule has 0 amide bonds. The minimum Gasteiger partial charge on any atom is -0.490 e. The van der Waals surface area contributed by atoms with Crippen LogP contribution >= 0.6 is 0 Å². The third-order valence-corrected chi connectivity index (χ3v) is 4.94. The quantitative estimate of drug-likeness (QED) is 0.821. The van der Waals surface area contributed by atoms with Gasteiger partial charge >= 0.3 is 0 Å². The standard InChI is InChI=1S/C19H31NO/c1-5-19(3,4)15-10-12-17(13-11-15)21-18-9-7-8-16(14-18)20-6-2/h10-13,16,18,20H,5-9,14H2,1-4H3. The predicted molar refractivity (Wildman–Crippen MR) is 90.1 cm³/mol. The van der Waals surface area contributed by atoms with Crippen molar-refractivity contribution in [2.75, 3.05) is 6.54 Å². The third kappa shape index (κ3) is 4.47. The van der Waals surface area contributed by atoms with Crippen LogP contribution < -0.4 is 10.1 Å². The molecule has 1 aliphatic carbocycles. The van der Waals surface area contributed by atoms with Crippen LogP contribution in [0.1, 0.15) is 65.4 Å². The van der Waals surface area contributed by atoms with Gasteiger partial charge in [0.25, 0.3) is 0 Å². The van der Waals surface area contributed by atoms with Gasteiger partial charge in [-0.15, -0.1) is 0 Å². The van der Waals surface area contributed by atoms with Crippen LogP contribution in [0.4, 0.5) is 0 Å². The highest BCUT2D eigenvalue weighted by Gasteiger charge is 2.23. The molecular weight excluding hydrogens is 258 g/mol. The Hall–Kier alpha value is -1.02. The zero-order valence-electron chi connectivity index (χ0n) is 14.1. The first kappa shape index (κ1) is 16.4. The Morgan fingerprint density at radius 3 is 2.48 bits per heavy atom. The molecule has 0 heterocycles. The molecule has 0 aromatic heterocycles. The molecule has 2 unspecified atom stereocenters. The lowest BCUT2D eigenvalue weighted by atomic mass is 9.82. The van der Waals surface area contributed by atoms with Crippen molar-refractivity contribution < 1.29 is 4.74 Å². The lowest BCUT2D eigenvalue weighted by Gasteiger charge is -2.30. The third-order valence-electron chi connectivity index (χ3n) is 4.94. The minimum absolute atomic E-state index is 0.250. The van der Waals surface area contributed by atoms with Crippen molar-refractivity contribution >= 4 is 0 Å². The highest BCUT2D eigenvalue weighted by Crippen LogP contribution is 2.29. The summed E-state index contributed by atoms with van der Waals surface area (Å²) in [6, 6.07) is 9.37. The molecular formula is C19H31NO. The van der Waals surface area contributed by atoms with Crippen LogP contribution in [0, 0.1) is 0 Å². The summed E-state index contributed by atoms with van der Waals surface area (Å²) in [6.45, 7) is 10.1. The number of benzene rings is 1. The van der Waals surface area contributed by atoms with Gasteiger partial charge in [0.2, 0.25) is 0 Å². The molecule has 2 atom stereocenters. The summed E-state index contributed by atoms with van der Waals surface area (Å²) in [5.41, 5.74) is 1.64. The average molecular weight is 289 g/mol. The monoisotopic (exact) mass is 289 g/mol. The first-order chi connectivity index (χ1) is 10.0. The summed E-state index contributed by atoms with van der Waals surface area (Å²) in [7, 11) is 0. The summed E-state index contributed by atoms with van der Waals surface area (Å²) in [4.78, 5) is 0. The second-order valence-electron chi connectivity index (χ2n) is 6.92. The van der Waals surface area contributed by atoms with E-state index >= 15 is 0 Å². The minimum atomic E-state index is 0.250. The van der Waals surface area contributed by atoms with Crippen LogP contribution in [0.25, 0.3) is 0 Å². The van der Waals surface area contributed by atoms with E-state index in [0.717, 1.165) is 25.1 Å². The van der Waals surface area contributed by atoms with E-state index in [1.165, 1.54) is 24.8 Å². The zero-order chi connectivity index (χ0) is 15.3. The molecule has 2 rings (SSSR count). The first-order valence-electron chi connectivity index (χ1n) is 8.55.